The highest BCUT2D eigenvalue weighted by molar-refractivity contribution is 8.04. The number of methoxy groups -OCH3 is 1. The SMILES string of the molecule is C=C1NC(=O)C(Cc2ccc(OCC(=O)c3cccc(OC)c3)cc2)S1. The molecule has 0 bridgehead atoms. The molecule has 0 spiro atoms. The van der Waals surface area contributed by atoms with Gasteiger partial charge in [-0.25, -0.2) is 0 Å². The van der Waals surface area contributed by atoms with Crippen molar-refractivity contribution in [1.29, 1.82) is 0 Å². The van der Waals surface area contributed by atoms with Crippen molar-refractivity contribution in [1.82, 2.24) is 5.32 Å². The van der Waals surface area contributed by atoms with E-state index in [0.29, 0.717) is 28.5 Å². The fourth-order valence-electron chi connectivity index (χ4n) is 2.57. The molecular formula is C20H19NO4S. The van der Waals surface area contributed by atoms with Crippen molar-refractivity contribution < 1.29 is 19.1 Å². The molecule has 1 aliphatic heterocycles. The molecule has 26 heavy (non-hydrogen) atoms. The third-order valence-corrected chi connectivity index (χ3v) is 5.00. The van der Waals surface area contributed by atoms with E-state index in [1.54, 1.807) is 43.5 Å². The van der Waals surface area contributed by atoms with Gasteiger partial charge in [-0.05, 0) is 36.2 Å². The number of carbonyl (C=O) groups excluding carboxylic acids is 2. The number of rotatable bonds is 7. The third-order valence-electron chi connectivity index (χ3n) is 3.95. The van der Waals surface area contributed by atoms with Crippen molar-refractivity contribution in [2.45, 2.75) is 11.7 Å². The van der Waals surface area contributed by atoms with Crippen LogP contribution < -0.4 is 14.8 Å². The van der Waals surface area contributed by atoms with Crippen LogP contribution in [0.5, 0.6) is 11.5 Å². The summed E-state index contributed by atoms with van der Waals surface area (Å²) < 4.78 is 10.7. The van der Waals surface area contributed by atoms with E-state index in [4.69, 9.17) is 9.47 Å². The Labute approximate surface area is 156 Å². The molecule has 1 N–H and O–H groups in total. The summed E-state index contributed by atoms with van der Waals surface area (Å²) in [7, 11) is 1.56. The van der Waals surface area contributed by atoms with E-state index in [1.165, 1.54) is 11.8 Å². The summed E-state index contributed by atoms with van der Waals surface area (Å²) in [6.07, 6.45) is 0.624. The Bertz CT molecular complexity index is 832. The van der Waals surface area contributed by atoms with E-state index >= 15 is 0 Å². The molecule has 1 fully saturated rings. The Balaban J connectivity index is 1.55. The molecule has 0 aliphatic carbocycles. The van der Waals surface area contributed by atoms with E-state index in [9.17, 15) is 9.59 Å². The van der Waals surface area contributed by atoms with Gasteiger partial charge in [0.05, 0.1) is 17.4 Å². The van der Waals surface area contributed by atoms with E-state index in [1.807, 2.05) is 12.1 Å². The van der Waals surface area contributed by atoms with Crippen molar-refractivity contribution in [3.63, 3.8) is 0 Å². The summed E-state index contributed by atoms with van der Waals surface area (Å²) in [6.45, 7) is 3.71. The van der Waals surface area contributed by atoms with Gasteiger partial charge in [0, 0.05) is 5.56 Å². The van der Waals surface area contributed by atoms with Gasteiger partial charge < -0.3 is 14.8 Å². The van der Waals surface area contributed by atoms with Crippen LogP contribution >= 0.6 is 11.8 Å². The van der Waals surface area contributed by atoms with Crippen molar-refractivity contribution in [3.8, 4) is 11.5 Å². The quantitative estimate of drug-likeness (QED) is 0.760. The number of Topliss-reactive ketones (excluding diaryl/α,β-unsaturated/α-hetero) is 1. The van der Waals surface area contributed by atoms with Gasteiger partial charge in [0.2, 0.25) is 5.91 Å². The van der Waals surface area contributed by atoms with E-state index in [-0.39, 0.29) is 23.5 Å². The summed E-state index contributed by atoms with van der Waals surface area (Å²) in [4.78, 5) is 24.0. The summed E-state index contributed by atoms with van der Waals surface area (Å²) in [5.41, 5.74) is 1.57. The molecule has 0 radical (unpaired) electrons. The minimum atomic E-state index is -0.149. The van der Waals surface area contributed by atoms with Crippen LogP contribution in [0.1, 0.15) is 15.9 Å². The van der Waals surface area contributed by atoms with Crippen LogP contribution in [0.15, 0.2) is 60.1 Å². The zero-order chi connectivity index (χ0) is 18.5. The summed E-state index contributed by atoms with van der Waals surface area (Å²) in [5.74, 6) is 1.12. The molecule has 1 amide bonds. The van der Waals surface area contributed by atoms with Crippen molar-refractivity contribution in [3.05, 3.63) is 71.3 Å². The highest BCUT2D eigenvalue weighted by atomic mass is 32.2. The number of hydrogen-bond donors (Lipinski definition) is 1. The van der Waals surface area contributed by atoms with Crippen LogP contribution in [-0.4, -0.2) is 30.7 Å². The van der Waals surface area contributed by atoms with Crippen molar-refractivity contribution >= 4 is 23.5 Å². The predicted octanol–water partition coefficient (Wildman–Crippen LogP) is 3.20. The Morgan fingerprint density at radius 3 is 2.62 bits per heavy atom. The fraction of sp³-hybridized carbons (Fsp3) is 0.200. The van der Waals surface area contributed by atoms with Gasteiger partial charge in [-0.2, -0.15) is 0 Å². The monoisotopic (exact) mass is 369 g/mol. The van der Waals surface area contributed by atoms with Crippen LogP contribution in [0, 0.1) is 0 Å². The lowest BCUT2D eigenvalue weighted by Crippen LogP contribution is -2.23. The molecule has 3 rings (SSSR count). The molecule has 6 heteroatoms. The Kier molecular flexibility index (Phi) is 5.63. The number of amides is 1. The highest BCUT2D eigenvalue weighted by Gasteiger charge is 2.27. The van der Waals surface area contributed by atoms with Crippen LogP contribution in [0.3, 0.4) is 0 Å². The topological polar surface area (TPSA) is 64.6 Å². The first-order valence-electron chi connectivity index (χ1n) is 8.10. The summed E-state index contributed by atoms with van der Waals surface area (Å²) in [6, 6.07) is 14.4. The number of benzene rings is 2. The third kappa shape index (κ3) is 4.46. The van der Waals surface area contributed by atoms with Gasteiger partial charge in [0.25, 0.3) is 0 Å². The normalized spacial score (nSPS) is 16.3. The van der Waals surface area contributed by atoms with E-state index in [2.05, 4.69) is 11.9 Å². The molecule has 1 unspecified atom stereocenters. The second kappa shape index (κ2) is 8.10. The van der Waals surface area contributed by atoms with Gasteiger partial charge in [-0.3, -0.25) is 9.59 Å². The number of carbonyl (C=O) groups is 2. The van der Waals surface area contributed by atoms with Crippen LogP contribution in [-0.2, 0) is 11.2 Å². The second-order valence-corrected chi connectivity index (χ2v) is 7.11. The van der Waals surface area contributed by atoms with Crippen molar-refractivity contribution in [2.24, 2.45) is 0 Å². The average molecular weight is 369 g/mol. The molecule has 2 aromatic rings. The largest absolute Gasteiger partial charge is 0.497 e. The summed E-state index contributed by atoms with van der Waals surface area (Å²) >= 11 is 1.45. The second-order valence-electron chi connectivity index (χ2n) is 5.81. The maximum atomic E-state index is 12.2. The minimum absolute atomic E-state index is 0.00999. The maximum absolute atomic E-state index is 12.2. The Hall–Kier alpha value is -2.73. The summed E-state index contributed by atoms with van der Waals surface area (Å²) in [5, 5.41) is 3.25. The number of ketones is 1. The smallest absolute Gasteiger partial charge is 0.238 e. The van der Waals surface area contributed by atoms with Gasteiger partial charge >= 0.3 is 0 Å². The van der Waals surface area contributed by atoms with Crippen LogP contribution in [0.25, 0.3) is 0 Å². The fourth-order valence-corrected chi connectivity index (χ4v) is 3.52. The molecular weight excluding hydrogens is 350 g/mol. The first-order valence-corrected chi connectivity index (χ1v) is 8.98. The average Bonchev–Trinajstić information content (AvgIpc) is 2.97. The van der Waals surface area contributed by atoms with Gasteiger partial charge in [0.1, 0.15) is 11.5 Å². The first-order chi connectivity index (χ1) is 12.5. The number of ether oxygens (including phenoxy) is 2. The van der Waals surface area contributed by atoms with Gasteiger partial charge in [0.15, 0.2) is 12.4 Å². The van der Waals surface area contributed by atoms with Crippen LogP contribution in [0.4, 0.5) is 0 Å². The molecule has 0 saturated carbocycles. The molecule has 1 aliphatic rings. The van der Waals surface area contributed by atoms with Crippen molar-refractivity contribution in [2.75, 3.05) is 13.7 Å². The number of hydrogen-bond acceptors (Lipinski definition) is 5. The number of thioether (sulfide) groups is 1. The lowest BCUT2D eigenvalue weighted by molar-refractivity contribution is -0.119. The van der Waals surface area contributed by atoms with Crippen LogP contribution in [0.2, 0.25) is 0 Å². The maximum Gasteiger partial charge on any atom is 0.238 e. The molecule has 1 heterocycles. The first kappa shape index (κ1) is 18.1. The van der Waals surface area contributed by atoms with Gasteiger partial charge in [-0.15, -0.1) is 0 Å². The predicted molar refractivity (Wildman–Crippen MR) is 102 cm³/mol. The van der Waals surface area contributed by atoms with E-state index < -0.39 is 0 Å². The molecule has 0 aromatic heterocycles. The van der Waals surface area contributed by atoms with Gasteiger partial charge in [-0.1, -0.05) is 42.6 Å². The zero-order valence-corrected chi connectivity index (χ0v) is 15.2. The number of nitrogens with one attached hydrogen (secondary N) is 1. The van der Waals surface area contributed by atoms with E-state index in [0.717, 1.165) is 5.56 Å². The molecule has 134 valence electrons. The molecule has 1 saturated heterocycles. The lowest BCUT2D eigenvalue weighted by Gasteiger charge is -2.09. The Morgan fingerprint density at radius 2 is 1.96 bits per heavy atom. The molecule has 5 nitrogen and oxygen atoms in total. The highest BCUT2D eigenvalue weighted by Crippen LogP contribution is 2.28. The molecule has 1 atom stereocenters. The lowest BCUT2D eigenvalue weighted by atomic mass is 10.1. The zero-order valence-electron chi connectivity index (χ0n) is 14.4. The Morgan fingerprint density at radius 1 is 1.19 bits per heavy atom. The minimum Gasteiger partial charge on any atom is -0.497 e. The molecule has 2 aromatic carbocycles. The standard InChI is InChI=1S/C20H19NO4S/c1-13-21-20(23)19(26-13)10-14-6-8-16(9-7-14)25-12-18(22)15-4-3-5-17(11-15)24-2/h3-9,11,19H,1,10,12H2,2H3,(H,21,23).